The summed E-state index contributed by atoms with van der Waals surface area (Å²) in [5.41, 5.74) is 0.897. The van der Waals surface area contributed by atoms with Crippen LogP contribution in [-0.4, -0.2) is 45.1 Å². The second-order valence-electron chi connectivity index (χ2n) is 9.95. The van der Waals surface area contributed by atoms with E-state index in [2.05, 4.69) is 25.9 Å². The highest BCUT2D eigenvalue weighted by Crippen LogP contribution is 2.27. The standard InChI is InChI=1S/C31H27Cl2N5O6/c32-26-15-20(16-27(33)38-26)36-31(42)35-19-6-8-21(9-7-19)43-22-10-12-23(13-11-22)44-28-14-5-18(17-34-28)29(39)37-25-4-2-1-3-24(25)30(40)41/h1-5,10-17,19,21H,6-9H2,(H,37,39)(H,40,41)(H2,35,36,38,42). The summed E-state index contributed by atoms with van der Waals surface area (Å²) in [6.45, 7) is 0. The van der Waals surface area contributed by atoms with Gasteiger partial charge < -0.3 is 30.5 Å². The van der Waals surface area contributed by atoms with Crippen LogP contribution in [0.3, 0.4) is 0 Å². The maximum atomic E-state index is 12.6. The van der Waals surface area contributed by atoms with Gasteiger partial charge in [0.05, 0.1) is 22.9 Å². The molecule has 3 amide bonds. The number of para-hydroxylation sites is 1. The molecule has 4 N–H and O–H groups in total. The van der Waals surface area contributed by atoms with Gasteiger partial charge in [0.15, 0.2) is 0 Å². The van der Waals surface area contributed by atoms with Crippen molar-refractivity contribution in [1.82, 2.24) is 15.3 Å². The molecule has 11 nitrogen and oxygen atoms in total. The van der Waals surface area contributed by atoms with Crippen LogP contribution in [0, 0.1) is 0 Å². The molecule has 0 bridgehead atoms. The largest absolute Gasteiger partial charge is 0.490 e. The first-order chi connectivity index (χ1) is 21.2. The van der Waals surface area contributed by atoms with Crippen LogP contribution in [0.25, 0.3) is 0 Å². The minimum Gasteiger partial charge on any atom is -0.490 e. The van der Waals surface area contributed by atoms with Crippen LogP contribution in [0.5, 0.6) is 17.4 Å². The summed E-state index contributed by atoms with van der Waals surface area (Å²) < 4.78 is 11.9. The Labute approximate surface area is 262 Å². The third kappa shape index (κ3) is 8.36. The van der Waals surface area contributed by atoms with E-state index >= 15 is 0 Å². The van der Waals surface area contributed by atoms with Crippen molar-refractivity contribution >= 4 is 52.5 Å². The molecule has 2 aromatic heterocycles. The van der Waals surface area contributed by atoms with Crippen molar-refractivity contribution in [2.75, 3.05) is 10.6 Å². The summed E-state index contributed by atoms with van der Waals surface area (Å²) in [5, 5.41) is 18.0. The summed E-state index contributed by atoms with van der Waals surface area (Å²) in [6, 6.07) is 19.1. The first kappa shape index (κ1) is 30.6. The number of ether oxygens (including phenoxy) is 2. The van der Waals surface area contributed by atoms with Gasteiger partial charge in [-0.1, -0.05) is 35.3 Å². The Morgan fingerprint density at radius 3 is 2.18 bits per heavy atom. The zero-order chi connectivity index (χ0) is 31.1. The SMILES string of the molecule is O=C(Nc1cc(Cl)nc(Cl)c1)NC1CCC(Oc2ccc(Oc3ccc(C(=O)Nc4ccccc4C(=O)O)cn3)cc2)CC1. The van der Waals surface area contributed by atoms with Crippen LogP contribution < -0.4 is 25.4 Å². The third-order valence-electron chi connectivity index (χ3n) is 6.78. The van der Waals surface area contributed by atoms with Crippen LogP contribution >= 0.6 is 23.2 Å². The lowest BCUT2D eigenvalue weighted by molar-refractivity contribution is 0.0698. The lowest BCUT2D eigenvalue weighted by Crippen LogP contribution is -2.41. The number of pyridine rings is 2. The maximum absolute atomic E-state index is 12.6. The molecule has 0 atom stereocenters. The van der Waals surface area contributed by atoms with Crippen molar-refractivity contribution in [2.24, 2.45) is 0 Å². The van der Waals surface area contributed by atoms with Crippen LogP contribution in [0.1, 0.15) is 46.4 Å². The van der Waals surface area contributed by atoms with E-state index in [1.165, 1.54) is 36.5 Å². The predicted octanol–water partition coefficient (Wildman–Crippen LogP) is 7.04. The van der Waals surface area contributed by atoms with Gasteiger partial charge in [0.2, 0.25) is 5.88 Å². The maximum Gasteiger partial charge on any atom is 0.337 e. The highest BCUT2D eigenvalue weighted by molar-refractivity contribution is 6.33. The van der Waals surface area contributed by atoms with Gasteiger partial charge in [0, 0.05) is 24.0 Å². The molecule has 226 valence electrons. The average Bonchev–Trinajstić information content (AvgIpc) is 2.99. The van der Waals surface area contributed by atoms with Crippen LogP contribution in [0.4, 0.5) is 16.2 Å². The number of hydrogen-bond donors (Lipinski definition) is 4. The molecule has 0 aliphatic heterocycles. The van der Waals surface area contributed by atoms with Crippen molar-refractivity contribution in [3.05, 3.63) is 100 Å². The van der Waals surface area contributed by atoms with Gasteiger partial charge in [-0.25, -0.2) is 19.6 Å². The summed E-state index contributed by atoms with van der Waals surface area (Å²) in [5.74, 6) is -0.118. The molecule has 1 aliphatic rings. The van der Waals surface area contributed by atoms with E-state index in [1.54, 1.807) is 42.5 Å². The van der Waals surface area contributed by atoms with Gasteiger partial charge in [0.25, 0.3) is 5.91 Å². The Kier molecular flexibility index (Phi) is 9.78. The van der Waals surface area contributed by atoms with Crippen LogP contribution in [0.15, 0.2) is 79.0 Å². The zero-order valence-corrected chi connectivity index (χ0v) is 24.6. The number of anilines is 2. The number of nitrogens with one attached hydrogen (secondary N) is 3. The second kappa shape index (κ2) is 14.1. The Morgan fingerprint density at radius 2 is 1.52 bits per heavy atom. The first-order valence-corrected chi connectivity index (χ1v) is 14.4. The van der Waals surface area contributed by atoms with Crippen LogP contribution in [0.2, 0.25) is 10.3 Å². The highest BCUT2D eigenvalue weighted by Gasteiger charge is 2.24. The van der Waals surface area contributed by atoms with Gasteiger partial charge in [-0.2, -0.15) is 0 Å². The summed E-state index contributed by atoms with van der Waals surface area (Å²) in [7, 11) is 0. The van der Waals surface area contributed by atoms with Crippen molar-refractivity contribution in [3.8, 4) is 17.4 Å². The molecule has 1 fully saturated rings. The fourth-order valence-corrected chi connectivity index (χ4v) is 5.12. The molecule has 1 aliphatic carbocycles. The van der Waals surface area contributed by atoms with E-state index in [0.29, 0.717) is 17.2 Å². The first-order valence-electron chi connectivity index (χ1n) is 13.7. The predicted molar refractivity (Wildman–Crippen MR) is 165 cm³/mol. The molecule has 4 aromatic rings. The van der Waals surface area contributed by atoms with E-state index < -0.39 is 11.9 Å². The van der Waals surface area contributed by atoms with Crippen molar-refractivity contribution in [3.63, 3.8) is 0 Å². The monoisotopic (exact) mass is 635 g/mol. The molecular weight excluding hydrogens is 609 g/mol. The summed E-state index contributed by atoms with van der Waals surface area (Å²) >= 11 is 11.8. The summed E-state index contributed by atoms with van der Waals surface area (Å²) in [4.78, 5) is 44.4. The Balaban J connectivity index is 1.06. The lowest BCUT2D eigenvalue weighted by Gasteiger charge is -2.29. The molecule has 44 heavy (non-hydrogen) atoms. The molecule has 0 unspecified atom stereocenters. The number of amides is 3. The minimum absolute atomic E-state index is 0.00877. The number of hydrogen-bond acceptors (Lipinski definition) is 7. The number of carbonyl (C=O) groups excluding carboxylic acids is 2. The quantitative estimate of drug-likeness (QED) is 0.143. The number of rotatable bonds is 9. The molecule has 2 heterocycles. The Morgan fingerprint density at radius 1 is 0.841 bits per heavy atom. The number of aromatic carboxylic acids is 1. The molecule has 0 radical (unpaired) electrons. The number of aromatic nitrogens is 2. The van der Waals surface area contributed by atoms with E-state index in [9.17, 15) is 19.5 Å². The number of carboxylic acid groups (broad SMARTS) is 1. The Bertz CT molecular complexity index is 1620. The smallest absolute Gasteiger partial charge is 0.337 e. The van der Waals surface area contributed by atoms with Gasteiger partial charge >= 0.3 is 12.0 Å². The summed E-state index contributed by atoms with van der Waals surface area (Å²) in [6.07, 6.45) is 4.46. The van der Waals surface area contributed by atoms with Crippen molar-refractivity contribution in [2.45, 2.75) is 37.8 Å². The van der Waals surface area contributed by atoms with Gasteiger partial charge in [-0.15, -0.1) is 0 Å². The van der Waals surface area contributed by atoms with Crippen molar-refractivity contribution in [1.29, 1.82) is 0 Å². The van der Waals surface area contributed by atoms with Crippen LogP contribution in [-0.2, 0) is 0 Å². The second-order valence-corrected chi connectivity index (χ2v) is 10.7. The number of halogens is 2. The molecular formula is C31H27Cl2N5O6. The number of benzene rings is 2. The topological polar surface area (TPSA) is 152 Å². The fourth-order valence-electron chi connectivity index (χ4n) is 4.66. The van der Waals surface area contributed by atoms with E-state index in [-0.39, 0.29) is 51.2 Å². The van der Waals surface area contributed by atoms with Crippen molar-refractivity contribution < 1.29 is 29.0 Å². The van der Waals surface area contributed by atoms with E-state index in [4.69, 9.17) is 32.7 Å². The molecule has 5 rings (SSSR count). The Hall–Kier alpha value is -4.87. The number of carbonyl (C=O) groups is 3. The van der Waals surface area contributed by atoms with Gasteiger partial charge in [0.1, 0.15) is 21.8 Å². The number of nitrogens with zero attached hydrogens (tertiary/aromatic N) is 2. The molecule has 2 aromatic carbocycles. The normalized spacial score (nSPS) is 16.0. The number of carboxylic acids is 1. The van der Waals surface area contributed by atoms with Gasteiger partial charge in [-0.05, 0) is 80.3 Å². The van der Waals surface area contributed by atoms with Gasteiger partial charge in [-0.3, -0.25) is 4.79 Å². The molecule has 1 saturated carbocycles. The fraction of sp³-hybridized carbons (Fsp3) is 0.194. The van der Waals surface area contributed by atoms with E-state index in [0.717, 1.165) is 25.7 Å². The average molecular weight is 636 g/mol. The molecule has 0 saturated heterocycles. The third-order valence-corrected chi connectivity index (χ3v) is 7.17. The zero-order valence-electron chi connectivity index (χ0n) is 23.1. The highest BCUT2D eigenvalue weighted by atomic mass is 35.5. The molecule has 13 heteroatoms. The molecule has 0 spiro atoms. The lowest BCUT2D eigenvalue weighted by atomic mass is 9.93. The minimum atomic E-state index is -1.14. The number of urea groups is 1. The van der Waals surface area contributed by atoms with E-state index in [1.807, 2.05) is 0 Å².